The fourth-order valence-corrected chi connectivity index (χ4v) is 5.34. The summed E-state index contributed by atoms with van der Waals surface area (Å²) in [6.45, 7) is 4.00. The Bertz CT molecular complexity index is 1700. The van der Waals surface area contributed by atoms with Gasteiger partial charge in [0.1, 0.15) is 0 Å². The van der Waals surface area contributed by atoms with Crippen LogP contribution in [-0.4, -0.2) is 49.1 Å². The Balaban J connectivity index is 1.58. The highest BCUT2D eigenvalue weighted by atomic mass is 35.5. The Hall–Kier alpha value is -4.15. The topological polar surface area (TPSA) is 114 Å². The van der Waals surface area contributed by atoms with Crippen LogP contribution < -0.4 is 16.2 Å². The van der Waals surface area contributed by atoms with Crippen molar-refractivity contribution in [2.75, 3.05) is 12.4 Å². The molecule has 4 aromatic rings. The molecule has 10 nitrogen and oxygen atoms in total. The number of rotatable bonds is 6. The molecule has 41 heavy (non-hydrogen) atoms. The standard InChI is InChI=1S/C29H29Cl2N7O3/c1-16-13-21-24(15-37(16)27(40)19-7-10-22(30)23(31)14-19)35-29(34-17(2)25-11-12-33-36(25)4)38(28(21)41)20-8-5-18(6-9-20)26(39)32-3/h5-12,14,16-17H,13,15H2,1-4H3,(H,32,39)(H,34,35)/t16-,17-/m1/s1. The number of hydrogen-bond donors (Lipinski definition) is 2. The second-order valence-corrected chi connectivity index (χ2v) is 10.8. The maximum atomic E-state index is 14.1. The smallest absolute Gasteiger partial charge is 0.263 e. The predicted molar refractivity (Wildman–Crippen MR) is 158 cm³/mol. The van der Waals surface area contributed by atoms with Crippen LogP contribution >= 0.6 is 23.2 Å². The molecule has 5 rings (SSSR count). The van der Waals surface area contributed by atoms with Crippen LogP contribution in [0.1, 0.15) is 57.6 Å². The van der Waals surface area contributed by atoms with Gasteiger partial charge in [0.15, 0.2) is 0 Å². The number of hydrogen-bond acceptors (Lipinski definition) is 6. The number of benzene rings is 2. The van der Waals surface area contributed by atoms with E-state index in [0.717, 1.165) is 5.69 Å². The van der Waals surface area contributed by atoms with Gasteiger partial charge in [-0.3, -0.25) is 19.1 Å². The van der Waals surface area contributed by atoms with E-state index in [4.69, 9.17) is 28.2 Å². The van der Waals surface area contributed by atoms with E-state index in [0.29, 0.717) is 50.5 Å². The molecule has 212 valence electrons. The van der Waals surface area contributed by atoms with E-state index in [1.165, 1.54) is 4.57 Å². The van der Waals surface area contributed by atoms with Crippen LogP contribution in [0.3, 0.4) is 0 Å². The first-order chi connectivity index (χ1) is 19.6. The highest BCUT2D eigenvalue weighted by Gasteiger charge is 2.32. The van der Waals surface area contributed by atoms with Gasteiger partial charge < -0.3 is 15.5 Å². The summed E-state index contributed by atoms with van der Waals surface area (Å²) in [6, 6.07) is 12.9. The quantitative estimate of drug-likeness (QED) is 0.342. The molecule has 3 heterocycles. The molecule has 2 aromatic carbocycles. The van der Waals surface area contributed by atoms with Crippen molar-refractivity contribution in [1.29, 1.82) is 0 Å². The molecular formula is C29H29Cl2N7O3. The first kappa shape index (κ1) is 28.4. The summed E-state index contributed by atoms with van der Waals surface area (Å²) in [5, 5.41) is 10.9. The molecule has 0 spiro atoms. The fourth-order valence-electron chi connectivity index (χ4n) is 5.04. The molecule has 0 bridgehead atoms. The zero-order chi connectivity index (χ0) is 29.4. The van der Waals surface area contributed by atoms with Gasteiger partial charge in [-0.05, 0) is 68.8 Å². The van der Waals surface area contributed by atoms with Crippen molar-refractivity contribution in [3.63, 3.8) is 0 Å². The summed E-state index contributed by atoms with van der Waals surface area (Å²) in [4.78, 5) is 46.2. The number of amides is 2. The molecule has 0 fully saturated rings. The lowest BCUT2D eigenvalue weighted by Crippen LogP contribution is -2.46. The van der Waals surface area contributed by atoms with E-state index in [-0.39, 0.29) is 36.0 Å². The molecule has 2 atom stereocenters. The van der Waals surface area contributed by atoms with Gasteiger partial charge in [-0.1, -0.05) is 23.2 Å². The number of anilines is 1. The molecule has 2 aromatic heterocycles. The molecular weight excluding hydrogens is 565 g/mol. The Kier molecular flexibility index (Phi) is 7.88. The molecule has 0 saturated heterocycles. The number of carbonyl (C=O) groups excluding carboxylic acids is 2. The molecule has 0 saturated carbocycles. The summed E-state index contributed by atoms with van der Waals surface area (Å²) in [5.74, 6) is -0.141. The third kappa shape index (κ3) is 5.45. The predicted octanol–water partition coefficient (Wildman–Crippen LogP) is 4.39. The average Bonchev–Trinajstić information content (AvgIpc) is 3.40. The third-order valence-corrected chi connectivity index (χ3v) is 8.04. The van der Waals surface area contributed by atoms with Gasteiger partial charge in [0.2, 0.25) is 5.95 Å². The minimum Gasteiger partial charge on any atom is -0.355 e. The van der Waals surface area contributed by atoms with Crippen molar-refractivity contribution in [2.45, 2.75) is 38.9 Å². The summed E-state index contributed by atoms with van der Waals surface area (Å²) in [5.41, 5.74) is 3.13. The summed E-state index contributed by atoms with van der Waals surface area (Å²) in [7, 11) is 3.40. The molecule has 2 amide bonds. The van der Waals surface area contributed by atoms with Crippen LogP contribution in [0.2, 0.25) is 10.0 Å². The van der Waals surface area contributed by atoms with Crippen molar-refractivity contribution < 1.29 is 9.59 Å². The van der Waals surface area contributed by atoms with E-state index >= 15 is 0 Å². The van der Waals surface area contributed by atoms with Gasteiger partial charge in [-0.15, -0.1) is 0 Å². The van der Waals surface area contributed by atoms with Crippen LogP contribution in [0.5, 0.6) is 0 Å². The van der Waals surface area contributed by atoms with Crippen LogP contribution in [0.4, 0.5) is 5.95 Å². The van der Waals surface area contributed by atoms with Crippen molar-refractivity contribution in [3.05, 3.63) is 103 Å². The van der Waals surface area contributed by atoms with Gasteiger partial charge >= 0.3 is 0 Å². The largest absolute Gasteiger partial charge is 0.355 e. The second kappa shape index (κ2) is 11.4. The minimum atomic E-state index is -0.268. The zero-order valence-electron chi connectivity index (χ0n) is 23.0. The van der Waals surface area contributed by atoms with Crippen LogP contribution in [0.25, 0.3) is 5.69 Å². The lowest BCUT2D eigenvalue weighted by Gasteiger charge is -2.35. The van der Waals surface area contributed by atoms with Gasteiger partial charge in [-0.2, -0.15) is 5.10 Å². The minimum absolute atomic E-state index is 0.149. The Morgan fingerprint density at radius 1 is 1.05 bits per heavy atom. The molecule has 0 aliphatic carbocycles. The monoisotopic (exact) mass is 593 g/mol. The van der Waals surface area contributed by atoms with E-state index < -0.39 is 0 Å². The number of carbonyl (C=O) groups is 2. The van der Waals surface area contributed by atoms with Crippen molar-refractivity contribution in [3.8, 4) is 5.69 Å². The number of halogens is 2. The summed E-state index contributed by atoms with van der Waals surface area (Å²) < 4.78 is 3.26. The number of nitrogens with zero attached hydrogens (tertiary/aromatic N) is 5. The molecule has 0 radical (unpaired) electrons. The first-order valence-corrected chi connectivity index (χ1v) is 13.8. The van der Waals surface area contributed by atoms with Crippen LogP contribution in [0.15, 0.2) is 59.5 Å². The third-order valence-electron chi connectivity index (χ3n) is 7.30. The van der Waals surface area contributed by atoms with E-state index in [1.807, 2.05) is 27.0 Å². The maximum Gasteiger partial charge on any atom is 0.263 e. The molecule has 12 heteroatoms. The van der Waals surface area contributed by atoms with Crippen molar-refractivity contribution in [1.82, 2.24) is 29.5 Å². The SMILES string of the molecule is CNC(=O)c1ccc(-n2c(N[C@H](C)c3ccnn3C)nc3c(c2=O)C[C@@H](C)N(C(=O)c2ccc(Cl)c(Cl)c2)C3)cc1. The number of fused-ring (bicyclic) bond motifs is 1. The average molecular weight is 595 g/mol. The van der Waals surface area contributed by atoms with E-state index in [9.17, 15) is 14.4 Å². The van der Waals surface area contributed by atoms with Gasteiger partial charge in [0, 0.05) is 43.0 Å². The van der Waals surface area contributed by atoms with Gasteiger partial charge in [-0.25, -0.2) is 9.55 Å². The lowest BCUT2D eigenvalue weighted by atomic mass is 9.98. The second-order valence-electron chi connectivity index (χ2n) is 9.99. The molecule has 1 aliphatic heterocycles. The Labute approximate surface area is 246 Å². The number of aryl methyl sites for hydroxylation is 1. The fraction of sp³-hybridized carbons (Fsp3) is 0.276. The van der Waals surface area contributed by atoms with Crippen LogP contribution in [0, 0.1) is 0 Å². The normalized spacial score (nSPS) is 15.3. The summed E-state index contributed by atoms with van der Waals surface area (Å²) >= 11 is 12.2. The molecule has 0 unspecified atom stereocenters. The Morgan fingerprint density at radius 2 is 1.76 bits per heavy atom. The highest BCUT2D eigenvalue weighted by Crippen LogP contribution is 2.28. The Morgan fingerprint density at radius 3 is 2.39 bits per heavy atom. The van der Waals surface area contributed by atoms with Crippen molar-refractivity contribution in [2.24, 2.45) is 7.05 Å². The highest BCUT2D eigenvalue weighted by molar-refractivity contribution is 6.42. The number of nitrogens with one attached hydrogen (secondary N) is 2. The van der Waals surface area contributed by atoms with Crippen molar-refractivity contribution >= 4 is 41.0 Å². The zero-order valence-corrected chi connectivity index (χ0v) is 24.5. The molecule has 1 aliphatic rings. The van der Waals surface area contributed by atoms with E-state index in [2.05, 4.69) is 15.7 Å². The van der Waals surface area contributed by atoms with Gasteiger partial charge in [0.05, 0.1) is 39.7 Å². The first-order valence-electron chi connectivity index (χ1n) is 13.1. The van der Waals surface area contributed by atoms with E-state index in [1.54, 1.807) is 65.3 Å². The maximum absolute atomic E-state index is 14.1. The number of aromatic nitrogens is 4. The lowest BCUT2D eigenvalue weighted by molar-refractivity contribution is 0.0653. The summed E-state index contributed by atoms with van der Waals surface area (Å²) in [6.07, 6.45) is 2.02. The molecule has 2 N–H and O–H groups in total. The van der Waals surface area contributed by atoms with Gasteiger partial charge in [0.25, 0.3) is 17.4 Å². The van der Waals surface area contributed by atoms with Crippen LogP contribution in [-0.2, 0) is 20.0 Å².